The molecule has 0 aliphatic carbocycles. The molecule has 0 aromatic heterocycles. The fourth-order valence-electron chi connectivity index (χ4n) is 1.72. The maximum Gasteiger partial charge on any atom is 0.267 e. The molecule has 0 radical (unpaired) electrons. The molecule has 1 unspecified atom stereocenters. The molecule has 2 N–H and O–H groups in total. The first-order valence-electron chi connectivity index (χ1n) is 5.63. The normalized spacial score (nSPS) is 14.5. The minimum absolute atomic E-state index is 0.262. The number of carbonyl (C=O) groups is 1. The highest BCUT2D eigenvalue weighted by Gasteiger charge is 2.33. The highest BCUT2D eigenvalue weighted by atomic mass is 32.2. The van der Waals surface area contributed by atoms with Crippen molar-refractivity contribution in [2.45, 2.75) is 19.4 Å². The zero-order chi connectivity index (χ0) is 14.7. The molecule has 5 nitrogen and oxygen atoms in total. The third kappa shape index (κ3) is 4.50. The van der Waals surface area contributed by atoms with Crippen molar-refractivity contribution in [1.82, 2.24) is 5.32 Å². The second-order valence-corrected chi connectivity index (χ2v) is 6.11. The summed E-state index contributed by atoms with van der Waals surface area (Å²) < 4.78 is 31.4. The maximum atomic E-state index is 11.7. The quantitative estimate of drug-likeness (QED) is 0.633. The van der Waals surface area contributed by atoms with Gasteiger partial charge in [-0.2, -0.15) is 8.42 Å². The summed E-state index contributed by atoms with van der Waals surface area (Å²) in [6.45, 7) is 6.57. The van der Waals surface area contributed by atoms with Crippen molar-refractivity contribution in [2.75, 3.05) is 5.75 Å². The molecule has 0 saturated carbocycles. The van der Waals surface area contributed by atoms with Gasteiger partial charge in [0.25, 0.3) is 10.1 Å². The van der Waals surface area contributed by atoms with E-state index in [0.717, 1.165) is 0 Å². The van der Waals surface area contributed by atoms with Crippen molar-refractivity contribution in [1.29, 1.82) is 0 Å². The smallest absolute Gasteiger partial charge is 0.267 e. The summed E-state index contributed by atoms with van der Waals surface area (Å²) >= 11 is 0. The fraction of sp³-hybridized carbons (Fsp3) is 0.308. The van der Waals surface area contributed by atoms with Crippen molar-refractivity contribution >= 4 is 16.0 Å². The molecule has 0 fully saturated rings. The predicted molar refractivity (Wildman–Crippen MR) is 73.2 cm³/mol. The van der Waals surface area contributed by atoms with Crippen LogP contribution in [0.25, 0.3) is 0 Å². The van der Waals surface area contributed by atoms with Crippen LogP contribution in [0, 0.1) is 0 Å². The molecule has 19 heavy (non-hydrogen) atoms. The Morgan fingerprint density at radius 3 is 2.32 bits per heavy atom. The third-order valence-corrected chi connectivity index (χ3v) is 3.60. The first-order chi connectivity index (χ1) is 8.64. The molecule has 0 bridgehead atoms. The zero-order valence-corrected chi connectivity index (χ0v) is 11.7. The van der Waals surface area contributed by atoms with Gasteiger partial charge in [-0.3, -0.25) is 9.35 Å². The van der Waals surface area contributed by atoms with Crippen LogP contribution in [0.3, 0.4) is 0 Å². The lowest BCUT2D eigenvalue weighted by Crippen LogP contribution is -2.48. The van der Waals surface area contributed by atoms with Crippen LogP contribution in [0.4, 0.5) is 0 Å². The molecule has 0 saturated heterocycles. The Bertz CT molecular complexity index is 580. The first-order valence-corrected chi connectivity index (χ1v) is 7.24. The van der Waals surface area contributed by atoms with E-state index < -0.39 is 27.3 Å². The van der Waals surface area contributed by atoms with Gasteiger partial charge in [0.15, 0.2) is 0 Å². The van der Waals surface area contributed by atoms with E-state index in [0.29, 0.717) is 5.56 Å². The van der Waals surface area contributed by atoms with Crippen LogP contribution in [0.15, 0.2) is 42.5 Å². The molecule has 0 heterocycles. The summed E-state index contributed by atoms with van der Waals surface area (Å²) in [6.07, 6.45) is 0. The van der Waals surface area contributed by atoms with Gasteiger partial charge in [0.2, 0.25) is 5.91 Å². The Kier molecular flexibility index (Phi) is 4.49. The number of carbonyl (C=O) groups excluding carboxylic acids is 1. The molecule has 1 aromatic carbocycles. The van der Waals surface area contributed by atoms with Crippen molar-refractivity contribution in [3.63, 3.8) is 0 Å². The van der Waals surface area contributed by atoms with Gasteiger partial charge in [-0.1, -0.05) is 36.9 Å². The first kappa shape index (κ1) is 15.4. The number of hydrogen-bond donors (Lipinski definition) is 2. The summed E-state index contributed by atoms with van der Waals surface area (Å²) in [6, 6.07) is 8.60. The molecule has 0 aliphatic rings. The SMILES string of the molecule is C=C(C)C(=O)NC(C)(CS(=O)(=O)O)c1ccccc1. The van der Waals surface area contributed by atoms with E-state index in [1.54, 1.807) is 30.3 Å². The highest BCUT2D eigenvalue weighted by Crippen LogP contribution is 2.22. The third-order valence-electron chi connectivity index (χ3n) is 2.66. The molecule has 6 heteroatoms. The van der Waals surface area contributed by atoms with Crippen LogP contribution in [-0.2, 0) is 20.5 Å². The van der Waals surface area contributed by atoms with Crippen LogP contribution in [0.1, 0.15) is 19.4 Å². The van der Waals surface area contributed by atoms with Gasteiger partial charge in [-0.25, -0.2) is 0 Å². The minimum atomic E-state index is -4.25. The van der Waals surface area contributed by atoms with Crippen LogP contribution in [-0.4, -0.2) is 24.6 Å². The van der Waals surface area contributed by atoms with Crippen LogP contribution in [0.5, 0.6) is 0 Å². The van der Waals surface area contributed by atoms with E-state index in [2.05, 4.69) is 11.9 Å². The lowest BCUT2D eigenvalue weighted by molar-refractivity contribution is -0.119. The second-order valence-electron chi connectivity index (χ2n) is 4.66. The number of rotatable bonds is 5. The predicted octanol–water partition coefficient (Wildman–Crippen LogP) is 1.48. The molecule has 104 valence electrons. The molecule has 1 amide bonds. The van der Waals surface area contributed by atoms with E-state index in [1.165, 1.54) is 13.8 Å². The van der Waals surface area contributed by atoms with Gasteiger partial charge < -0.3 is 5.32 Å². The summed E-state index contributed by atoms with van der Waals surface area (Å²) in [4.78, 5) is 11.7. The molecular formula is C13H17NO4S. The van der Waals surface area contributed by atoms with Gasteiger partial charge >= 0.3 is 0 Å². The van der Waals surface area contributed by atoms with Crippen molar-refractivity contribution in [2.24, 2.45) is 0 Å². The molecule has 1 aromatic rings. The molecule has 1 rings (SSSR count). The zero-order valence-electron chi connectivity index (χ0n) is 10.9. The second kappa shape index (κ2) is 5.54. The number of nitrogens with one attached hydrogen (secondary N) is 1. The van der Waals surface area contributed by atoms with Crippen LogP contribution in [0.2, 0.25) is 0 Å². The maximum absolute atomic E-state index is 11.7. The monoisotopic (exact) mass is 283 g/mol. The largest absolute Gasteiger partial charge is 0.342 e. The van der Waals surface area contributed by atoms with Crippen LogP contribution < -0.4 is 5.32 Å². The number of hydrogen-bond acceptors (Lipinski definition) is 3. The fourth-order valence-corrected chi connectivity index (χ4v) is 2.69. The lowest BCUT2D eigenvalue weighted by atomic mass is 9.93. The highest BCUT2D eigenvalue weighted by molar-refractivity contribution is 7.85. The topological polar surface area (TPSA) is 83.5 Å². The summed E-state index contributed by atoms with van der Waals surface area (Å²) in [7, 11) is -4.25. The van der Waals surface area contributed by atoms with Crippen molar-refractivity contribution in [3.05, 3.63) is 48.0 Å². The molecule has 1 atom stereocenters. The van der Waals surface area contributed by atoms with Crippen molar-refractivity contribution < 1.29 is 17.8 Å². The number of amides is 1. The van der Waals surface area contributed by atoms with E-state index in [-0.39, 0.29) is 5.57 Å². The lowest BCUT2D eigenvalue weighted by Gasteiger charge is -2.30. The Labute approximate surface area is 113 Å². The van der Waals surface area contributed by atoms with E-state index in [1.807, 2.05) is 0 Å². The van der Waals surface area contributed by atoms with Gasteiger partial charge in [0.1, 0.15) is 5.75 Å². The van der Waals surface area contributed by atoms with Gasteiger partial charge in [0, 0.05) is 5.57 Å². The Balaban J connectivity index is 3.18. The molecule has 0 aliphatic heterocycles. The Hall–Kier alpha value is -1.66. The van der Waals surface area contributed by atoms with E-state index in [9.17, 15) is 13.2 Å². The van der Waals surface area contributed by atoms with E-state index >= 15 is 0 Å². The summed E-state index contributed by atoms with van der Waals surface area (Å²) in [5, 5.41) is 2.59. The molecule has 0 spiro atoms. The van der Waals surface area contributed by atoms with Gasteiger partial charge in [-0.05, 0) is 19.4 Å². The number of benzene rings is 1. The summed E-state index contributed by atoms with van der Waals surface area (Å²) in [5.41, 5.74) is -0.370. The average molecular weight is 283 g/mol. The standard InChI is InChI=1S/C13H17NO4S/c1-10(2)12(15)14-13(3,9-19(16,17)18)11-7-5-4-6-8-11/h4-8H,1,9H2,2-3H3,(H,14,15)(H,16,17,18). The van der Waals surface area contributed by atoms with Crippen LogP contribution >= 0.6 is 0 Å². The summed E-state index contributed by atoms with van der Waals surface area (Å²) in [5.74, 6) is -1.07. The minimum Gasteiger partial charge on any atom is -0.342 e. The Morgan fingerprint density at radius 1 is 1.37 bits per heavy atom. The van der Waals surface area contributed by atoms with Crippen molar-refractivity contribution in [3.8, 4) is 0 Å². The Morgan fingerprint density at radius 2 is 1.89 bits per heavy atom. The van der Waals surface area contributed by atoms with E-state index in [4.69, 9.17) is 4.55 Å². The average Bonchev–Trinajstić information content (AvgIpc) is 2.27. The van der Waals surface area contributed by atoms with Gasteiger partial charge in [-0.15, -0.1) is 0 Å². The van der Waals surface area contributed by atoms with Gasteiger partial charge in [0.05, 0.1) is 5.54 Å². The molecular weight excluding hydrogens is 266 g/mol.